The average Bonchev–Trinajstić information content (AvgIpc) is 1.01. The Morgan fingerprint density at radius 2 is 0.460 bits per heavy atom. The largest absolute Gasteiger partial charge is 0.540 e. The Bertz CT molecular complexity index is 2930. The summed E-state index contributed by atoms with van der Waals surface area (Å²) in [7, 11) is -4.91. The summed E-state index contributed by atoms with van der Waals surface area (Å²) in [4.78, 5) is 88.9. The molecule has 0 atom stereocenters. The highest BCUT2D eigenvalue weighted by Gasteiger charge is 2.44. The number of allylic oxidation sites excluding steroid dienone is 1. The molecule has 0 amide bonds. The highest BCUT2D eigenvalue weighted by molar-refractivity contribution is 6.67. The van der Waals surface area contributed by atoms with Crippen molar-refractivity contribution >= 4 is 117 Å². The first-order valence-electron chi connectivity index (χ1n) is 40.7. The third-order valence-corrected chi connectivity index (χ3v) is 37.9. The normalized spacial score (nSPS) is 11.2. The number of hydrogen-bond donors (Lipinski definition) is 0. The van der Waals surface area contributed by atoms with Crippen molar-refractivity contribution in [3.8, 4) is 0 Å². The second kappa shape index (κ2) is 81.1. The summed E-state index contributed by atoms with van der Waals surface area (Å²) in [5.74, 6) is -2.69. The zero-order chi connectivity index (χ0) is 97.1. The van der Waals surface area contributed by atoms with Crippen molar-refractivity contribution in [3.63, 3.8) is 0 Å². The summed E-state index contributed by atoms with van der Waals surface area (Å²) in [6, 6.07) is 3.13. The molecule has 0 spiro atoms. The predicted molar refractivity (Wildman–Crippen MR) is 496 cm³/mol. The van der Waals surface area contributed by atoms with Crippen molar-refractivity contribution in [2.24, 2.45) is 0 Å². The van der Waals surface area contributed by atoms with Gasteiger partial charge in [0, 0.05) is 182 Å². The zero-order valence-corrected chi connectivity index (χ0v) is 89.5. The number of ether oxygens (including phenoxy) is 7. The van der Waals surface area contributed by atoms with Crippen LogP contribution in [0.1, 0.15) is 150 Å². The molecule has 0 saturated carbocycles. The molecule has 0 saturated heterocycles. The van der Waals surface area contributed by atoms with Crippen LogP contribution in [-0.2, 0) is 156 Å². The van der Waals surface area contributed by atoms with E-state index < -0.39 is 93.1 Å². The van der Waals surface area contributed by atoms with Crippen molar-refractivity contribution in [1.82, 2.24) is 0 Å². The SMILES string of the molecule is C=C(C)C(=O)OCCC[Si](C)(OC)OC.C=C(C)C(=O)OCCC[Si](C)(OCC)OCC.C=C(C)C(=O)OCCC[Si](OCC)(OCC)OCC.C=C(C)C(=O)OC[Si](C)(OC)OC.C=C(C)C(=O)OC[Si](C)(OCC)OCC.C=C(C)C(=O)OC[Si](OC)(OC)OC.C=C(C)C(=O)OC[Si](OCC)(OCC)OCC.C=CC(=O)CCC[Si](C)(OC)OC.O. The van der Waals surface area contributed by atoms with E-state index in [1.807, 2.05) is 102 Å². The second-order valence-electron chi connectivity index (χ2n) is 26.9. The molecule has 0 aromatic heterocycles. The highest BCUT2D eigenvalue weighted by atomic mass is 28.4. The first-order valence-corrected chi connectivity index (χ1v) is 59.1. The average molecular weight is 1920 g/mol. The molecule has 35 nitrogen and oxygen atoms in total. The van der Waals surface area contributed by atoms with Crippen molar-refractivity contribution in [1.29, 1.82) is 0 Å². The fraction of sp³-hybridized carbons (Fsp3) is 0.704. The van der Waals surface area contributed by atoms with Crippen LogP contribution in [0.3, 0.4) is 0 Å². The Kier molecular flexibility index (Phi) is 89.4. The number of esters is 7. The topological polar surface area (TPSA) is 408 Å². The molecule has 0 radical (unpaired) electrons. The van der Waals surface area contributed by atoms with Gasteiger partial charge in [-0.3, -0.25) is 4.79 Å². The molecule has 0 fully saturated rings. The molecular formula is C81H164O35Si8. The minimum absolute atomic E-state index is 0. The van der Waals surface area contributed by atoms with Crippen LogP contribution in [0.5, 0.6) is 0 Å². The summed E-state index contributed by atoms with van der Waals surface area (Å²) < 4.78 is 138. The maximum Gasteiger partial charge on any atom is 0.540 e. The van der Waals surface area contributed by atoms with Gasteiger partial charge in [-0.05, 0) is 200 Å². The maximum absolute atomic E-state index is 11.3. The molecule has 0 heterocycles. The predicted octanol–water partition coefficient (Wildman–Crippen LogP) is 13.1. The number of hydrogen-bond acceptors (Lipinski definition) is 34. The van der Waals surface area contributed by atoms with E-state index in [-0.39, 0.29) is 54.1 Å². The maximum atomic E-state index is 11.3. The van der Waals surface area contributed by atoms with Gasteiger partial charge in [-0.25, -0.2) is 33.6 Å². The molecule has 0 aliphatic heterocycles. The van der Waals surface area contributed by atoms with Gasteiger partial charge in [0.1, 0.15) is 12.5 Å². The molecule has 730 valence electrons. The monoisotopic (exact) mass is 1920 g/mol. The van der Waals surface area contributed by atoms with Crippen molar-refractivity contribution in [2.45, 2.75) is 207 Å². The van der Waals surface area contributed by atoms with Crippen molar-refractivity contribution < 1.29 is 161 Å². The van der Waals surface area contributed by atoms with E-state index in [0.29, 0.717) is 144 Å². The smallest absolute Gasteiger partial charge is 0.462 e. The Balaban J connectivity index is -0.000000174. The fourth-order valence-corrected chi connectivity index (χ4v) is 22.1. The lowest BCUT2D eigenvalue weighted by atomic mass is 10.2. The van der Waals surface area contributed by atoms with E-state index in [1.165, 1.54) is 27.4 Å². The Morgan fingerprint density at radius 3 is 0.702 bits per heavy atom. The highest BCUT2D eigenvalue weighted by Crippen LogP contribution is 2.21. The molecule has 0 bridgehead atoms. The van der Waals surface area contributed by atoms with Gasteiger partial charge in [0.2, 0.25) is 0 Å². The molecule has 2 N–H and O–H groups in total. The van der Waals surface area contributed by atoms with Gasteiger partial charge >= 0.3 is 111 Å². The van der Waals surface area contributed by atoms with E-state index in [2.05, 4.69) is 52.6 Å². The van der Waals surface area contributed by atoms with Gasteiger partial charge < -0.3 is 123 Å². The molecule has 0 aromatic rings. The number of carbonyl (C=O) groups excluding carboxylic acids is 8. The molecule has 0 aliphatic carbocycles. The molecular weight excluding hydrogens is 1760 g/mol. The first-order chi connectivity index (χ1) is 57.4. The summed E-state index contributed by atoms with van der Waals surface area (Å²) in [5.41, 5.74) is 2.70. The van der Waals surface area contributed by atoms with E-state index in [1.54, 1.807) is 91.1 Å². The lowest BCUT2D eigenvalue weighted by Gasteiger charge is -2.28. The van der Waals surface area contributed by atoms with Gasteiger partial charge in [0.05, 0.1) is 19.8 Å². The summed E-state index contributed by atoms with van der Waals surface area (Å²) in [5, 5.41) is 0. The Morgan fingerprint density at radius 1 is 0.250 bits per heavy atom. The third kappa shape index (κ3) is 72.7. The molecule has 0 aromatic carbocycles. The van der Waals surface area contributed by atoms with Crippen LogP contribution in [-0.4, -0.2) is 297 Å². The zero-order valence-electron chi connectivity index (χ0n) is 81.5. The van der Waals surface area contributed by atoms with Crippen molar-refractivity contribution in [3.05, 3.63) is 97.7 Å². The summed E-state index contributed by atoms with van der Waals surface area (Å²) in [6.07, 6.45) is 5.30. The number of rotatable bonds is 61. The second-order valence-corrected chi connectivity index (χ2v) is 52.0. The molecule has 124 heavy (non-hydrogen) atoms. The lowest BCUT2D eigenvalue weighted by molar-refractivity contribution is -0.139. The molecule has 0 unspecified atom stereocenters. The van der Waals surface area contributed by atoms with Gasteiger partial charge in [-0.2, -0.15) is 0 Å². The fourth-order valence-electron chi connectivity index (χ4n) is 8.47. The summed E-state index contributed by atoms with van der Waals surface area (Å²) >= 11 is 0. The number of carbonyl (C=O) groups is 8. The van der Waals surface area contributed by atoms with Crippen LogP contribution >= 0.6 is 0 Å². The lowest BCUT2D eigenvalue weighted by Crippen LogP contribution is -2.51. The van der Waals surface area contributed by atoms with E-state index in [9.17, 15) is 38.4 Å². The van der Waals surface area contributed by atoms with Gasteiger partial charge in [0.15, 0.2) is 18.2 Å². The van der Waals surface area contributed by atoms with Crippen LogP contribution < -0.4 is 0 Å². The van der Waals surface area contributed by atoms with Crippen LogP contribution in [0.25, 0.3) is 0 Å². The van der Waals surface area contributed by atoms with E-state index in [4.69, 9.17) is 117 Å². The third-order valence-electron chi connectivity index (χ3n) is 15.8. The van der Waals surface area contributed by atoms with Crippen LogP contribution in [0.15, 0.2) is 97.7 Å². The molecule has 0 aliphatic rings. The van der Waals surface area contributed by atoms with Crippen LogP contribution in [0, 0.1) is 0 Å². The van der Waals surface area contributed by atoms with E-state index in [0.717, 1.165) is 37.4 Å². The molecule has 0 rings (SSSR count). The van der Waals surface area contributed by atoms with Crippen molar-refractivity contribution in [2.75, 3.05) is 175 Å². The first kappa shape index (κ1) is 137. The van der Waals surface area contributed by atoms with Gasteiger partial charge in [-0.1, -0.05) is 52.6 Å². The quantitative estimate of drug-likeness (QED) is 0.0179. The minimum Gasteiger partial charge on any atom is -0.462 e. The van der Waals surface area contributed by atoms with E-state index >= 15 is 0 Å². The minimum atomic E-state index is -2.89. The molecule has 43 heteroatoms. The standard InChI is InChI=1S/C13H26O5Si.C12H24O4Si.C11H22O5Si.2C10H20O4Si.C9H18O3Si.C8H16O5Si.C8H16O4Si.H2O/c1-6-16-19(17-7-2,18-8-3)11-9-10-15-13(14)12(4)5;1-6-15-17(5,16-7-2)10-8-9-14-12(13)11(3)4;1-6-14-17(15-7-2,16-8-3)9-13-11(12)10(4)5;1-9(2)10(11)14-7-6-8-15(5,12-3)13-4;1-6-13-15(5,14-7-2)8-12-10(11)9(3)4;1-5-9(10)7-6-8-13(4,11-2)12-3;1-7(2)8(9)13-6-14(10-3,11-4)12-5;1-7(2)8(9)12-6-13(5,10-3)11-4;/h4,6-11H2,1-3,5H3;3,6-10H2,1-2,4-5H3;4,6-9H2,1-3,5H3;1,6-8H2,2-5H3;3,6-8H2,1-2,4-5H3;5H,1,6-8H2,2-4H3;1,6H2,2-5H3;1,6H2,2-5H3;1H2. The van der Waals surface area contributed by atoms with Gasteiger partial charge in [-0.15, -0.1) is 0 Å². The van der Waals surface area contributed by atoms with Crippen LogP contribution in [0.4, 0.5) is 0 Å². The number of ketones is 1. The van der Waals surface area contributed by atoms with Crippen LogP contribution in [0.2, 0.25) is 56.9 Å². The Hall–Kier alpha value is -5.18. The summed E-state index contributed by atoms with van der Waals surface area (Å²) in [6.45, 7) is 74.5. The Labute approximate surface area is 753 Å². The van der Waals surface area contributed by atoms with Gasteiger partial charge in [0.25, 0.3) is 0 Å².